The topological polar surface area (TPSA) is 62.8 Å². The van der Waals surface area contributed by atoms with Crippen molar-refractivity contribution in [3.05, 3.63) is 60.4 Å². The maximum Gasteiger partial charge on any atom is 0.223 e. The lowest BCUT2D eigenvalue weighted by molar-refractivity contribution is -0.126. The van der Waals surface area contributed by atoms with Crippen molar-refractivity contribution in [3.63, 3.8) is 0 Å². The summed E-state index contributed by atoms with van der Waals surface area (Å²) in [5.74, 6) is 1.01. The van der Waals surface area contributed by atoms with Crippen molar-refractivity contribution in [1.82, 2.24) is 19.6 Å². The van der Waals surface area contributed by atoms with E-state index in [-0.39, 0.29) is 11.8 Å². The highest BCUT2D eigenvalue weighted by molar-refractivity contribution is 5.78. The molecule has 0 spiro atoms. The van der Waals surface area contributed by atoms with Gasteiger partial charge in [-0.15, -0.1) is 0 Å². The maximum absolute atomic E-state index is 12.3. The molecule has 0 aromatic carbocycles. The van der Waals surface area contributed by atoms with E-state index in [0.717, 1.165) is 43.9 Å². The van der Waals surface area contributed by atoms with Gasteiger partial charge in [-0.3, -0.25) is 9.69 Å². The Morgan fingerprint density at radius 1 is 1.24 bits per heavy atom. The Bertz CT molecular complexity index is 832. The minimum atomic E-state index is 0.0911. The maximum atomic E-state index is 12.3. The molecular weight excluding hydrogens is 316 g/mol. The lowest BCUT2D eigenvalue weighted by Gasteiger charge is -2.31. The van der Waals surface area contributed by atoms with Gasteiger partial charge in [0.15, 0.2) is 0 Å². The quantitative estimate of drug-likeness (QED) is 0.776. The molecule has 0 saturated carbocycles. The number of carbonyl (C=O) groups is 1. The molecule has 1 N–H and O–H groups in total. The van der Waals surface area contributed by atoms with E-state index in [1.807, 2.05) is 42.7 Å². The van der Waals surface area contributed by atoms with Crippen LogP contribution in [-0.2, 0) is 17.9 Å². The number of hydrogen-bond donors (Lipinski definition) is 1. The SMILES string of the molecule is O=C(NCc1ccco1)C1CCN(Cc2cnc3ccccn23)CC1. The van der Waals surface area contributed by atoms with Gasteiger partial charge in [-0.05, 0) is 50.2 Å². The van der Waals surface area contributed by atoms with E-state index in [1.165, 1.54) is 5.69 Å². The number of hydrogen-bond acceptors (Lipinski definition) is 4. The molecule has 0 bridgehead atoms. The van der Waals surface area contributed by atoms with Crippen LogP contribution in [0.1, 0.15) is 24.3 Å². The number of amides is 1. The largest absolute Gasteiger partial charge is 0.467 e. The highest BCUT2D eigenvalue weighted by atomic mass is 16.3. The van der Waals surface area contributed by atoms with Gasteiger partial charge in [0.25, 0.3) is 0 Å². The van der Waals surface area contributed by atoms with Gasteiger partial charge in [0, 0.05) is 18.7 Å². The molecular formula is C19H22N4O2. The van der Waals surface area contributed by atoms with Crippen LogP contribution in [0.2, 0.25) is 0 Å². The molecule has 6 nitrogen and oxygen atoms in total. The van der Waals surface area contributed by atoms with Crippen LogP contribution in [-0.4, -0.2) is 33.3 Å². The second-order valence-corrected chi connectivity index (χ2v) is 6.53. The van der Waals surface area contributed by atoms with Crippen molar-refractivity contribution >= 4 is 11.6 Å². The van der Waals surface area contributed by atoms with E-state index in [0.29, 0.717) is 6.54 Å². The minimum Gasteiger partial charge on any atom is -0.467 e. The van der Waals surface area contributed by atoms with Crippen LogP contribution >= 0.6 is 0 Å². The molecule has 0 atom stereocenters. The fourth-order valence-electron chi connectivity index (χ4n) is 3.42. The molecule has 4 rings (SSSR count). The number of pyridine rings is 1. The molecule has 0 unspecified atom stereocenters. The van der Waals surface area contributed by atoms with Crippen molar-refractivity contribution in [2.45, 2.75) is 25.9 Å². The van der Waals surface area contributed by atoms with Gasteiger partial charge < -0.3 is 14.1 Å². The molecule has 4 heterocycles. The highest BCUT2D eigenvalue weighted by Gasteiger charge is 2.25. The summed E-state index contributed by atoms with van der Waals surface area (Å²) in [4.78, 5) is 19.1. The third-order valence-corrected chi connectivity index (χ3v) is 4.85. The molecule has 130 valence electrons. The molecule has 0 aliphatic carbocycles. The number of rotatable bonds is 5. The Hall–Kier alpha value is -2.60. The van der Waals surface area contributed by atoms with E-state index >= 15 is 0 Å². The number of likely N-dealkylation sites (tertiary alicyclic amines) is 1. The van der Waals surface area contributed by atoms with Gasteiger partial charge in [0.05, 0.1) is 24.7 Å². The monoisotopic (exact) mass is 338 g/mol. The summed E-state index contributed by atoms with van der Waals surface area (Å²) in [6, 6.07) is 9.74. The van der Waals surface area contributed by atoms with Gasteiger partial charge in [-0.2, -0.15) is 0 Å². The van der Waals surface area contributed by atoms with Crippen LogP contribution in [0.15, 0.2) is 53.4 Å². The van der Waals surface area contributed by atoms with E-state index in [1.54, 1.807) is 6.26 Å². The van der Waals surface area contributed by atoms with E-state index < -0.39 is 0 Å². The normalized spacial score (nSPS) is 16.3. The van der Waals surface area contributed by atoms with Gasteiger partial charge in [0.2, 0.25) is 5.91 Å². The first-order valence-electron chi connectivity index (χ1n) is 8.73. The van der Waals surface area contributed by atoms with Crippen molar-refractivity contribution in [1.29, 1.82) is 0 Å². The van der Waals surface area contributed by atoms with Crippen LogP contribution in [0.25, 0.3) is 5.65 Å². The molecule has 1 aliphatic heterocycles. The Morgan fingerprint density at radius 2 is 2.12 bits per heavy atom. The number of nitrogens with one attached hydrogen (secondary N) is 1. The predicted octanol–water partition coefficient (Wildman–Crippen LogP) is 2.46. The highest BCUT2D eigenvalue weighted by Crippen LogP contribution is 2.20. The number of imidazole rings is 1. The van der Waals surface area contributed by atoms with Crippen molar-refractivity contribution in [2.24, 2.45) is 5.92 Å². The zero-order chi connectivity index (χ0) is 17.1. The van der Waals surface area contributed by atoms with E-state index in [4.69, 9.17) is 4.42 Å². The van der Waals surface area contributed by atoms with Gasteiger partial charge in [-0.25, -0.2) is 4.98 Å². The van der Waals surface area contributed by atoms with E-state index in [2.05, 4.69) is 19.6 Å². The van der Waals surface area contributed by atoms with Crippen LogP contribution in [0.4, 0.5) is 0 Å². The Labute approximate surface area is 146 Å². The second-order valence-electron chi connectivity index (χ2n) is 6.53. The van der Waals surface area contributed by atoms with Gasteiger partial charge in [-0.1, -0.05) is 6.07 Å². The molecule has 1 aliphatic rings. The summed E-state index contributed by atoms with van der Waals surface area (Å²) in [5.41, 5.74) is 2.17. The average molecular weight is 338 g/mol. The summed E-state index contributed by atoms with van der Waals surface area (Å²) < 4.78 is 7.38. The molecule has 1 fully saturated rings. The Kier molecular flexibility index (Phi) is 4.52. The van der Waals surface area contributed by atoms with Crippen molar-refractivity contribution < 1.29 is 9.21 Å². The summed E-state index contributed by atoms with van der Waals surface area (Å²) in [7, 11) is 0. The number of fused-ring (bicyclic) bond motifs is 1. The summed E-state index contributed by atoms with van der Waals surface area (Å²) >= 11 is 0. The Morgan fingerprint density at radius 3 is 2.92 bits per heavy atom. The van der Waals surface area contributed by atoms with Gasteiger partial charge in [0.1, 0.15) is 11.4 Å². The molecule has 0 radical (unpaired) electrons. The second kappa shape index (κ2) is 7.11. The summed E-state index contributed by atoms with van der Waals surface area (Å²) in [5, 5.41) is 2.97. The van der Waals surface area contributed by atoms with Crippen LogP contribution in [0, 0.1) is 5.92 Å². The molecule has 3 aromatic rings. The number of aromatic nitrogens is 2. The molecule has 25 heavy (non-hydrogen) atoms. The number of piperidine rings is 1. The molecule has 6 heteroatoms. The van der Waals surface area contributed by atoms with E-state index in [9.17, 15) is 4.79 Å². The molecule has 1 saturated heterocycles. The third kappa shape index (κ3) is 3.58. The predicted molar refractivity (Wildman–Crippen MR) is 93.7 cm³/mol. The first-order valence-corrected chi connectivity index (χ1v) is 8.73. The number of furan rings is 1. The lowest BCUT2D eigenvalue weighted by atomic mass is 9.96. The first-order chi connectivity index (χ1) is 12.3. The fraction of sp³-hybridized carbons (Fsp3) is 0.368. The lowest BCUT2D eigenvalue weighted by Crippen LogP contribution is -2.40. The van der Waals surface area contributed by atoms with Crippen LogP contribution in [0.3, 0.4) is 0 Å². The number of carbonyl (C=O) groups excluding carboxylic acids is 1. The zero-order valence-corrected chi connectivity index (χ0v) is 14.1. The zero-order valence-electron chi connectivity index (χ0n) is 14.1. The van der Waals surface area contributed by atoms with Crippen LogP contribution < -0.4 is 5.32 Å². The standard InChI is InChI=1S/C19H22N4O2/c24-19(21-13-17-4-3-11-25-17)15-6-9-22(10-7-15)14-16-12-20-18-5-1-2-8-23(16)18/h1-5,8,11-12,15H,6-7,9-10,13-14H2,(H,21,24). The molecule has 3 aromatic heterocycles. The smallest absolute Gasteiger partial charge is 0.223 e. The average Bonchev–Trinajstić information content (AvgIpc) is 3.31. The first kappa shape index (κ1) is 15.9. The number of nitrogens with zero attached hydrogens (tertiary/aromatic N) is 3. The molecule has 1 amide bonds. The van der Waals surface area contributed by atoms with Gasteiger partial charge >= 0.3 is 0 Å². The summed E-state index contributed by atoms with van der Waals surface area (Å²) in [6.45, 7) is 3.19. The Balaban J connectivity index is 1.28. The van der Waals surface area contributed by atoms with Crippen molar-refractivity contribution in [2.75, 3.05) is 13.1 Å². The van der Waals surface area contributed by atoms with Crippen LogP contribution in [0.5, 0.6) is 0 Å². The van der Waals surface area contributed by atoms with Crippen molar-refractivity contribution in [3.8, 4) is 0 Å². The minimum absolute atomic E-state index is 0.0911. The fourth-order valence-corrected chi connectivity index (χ4v) is 3.42. The third-order valence-electron chi connectivity index (χ3n) is 4.85. The summed E-state index contributed by atoms with van der Waals surface area (Å²) in [6.07, 6.45) is 7.39.